The molecule has 0 aliphatic heterocycles. The summed E-state index contributed by atoms with van der Waals surface area (Å²) in [7, 11) is 1.75. The summed E-state index contributed by atoms with van der Waals surface area (Å²) in [5, 5.41) is 8.28. The number of nitrogens with zero attached hydrogens (tertiary/aromatic N) is 4. The van der Waals surface area contributed by atoms with Crippen LogP contribution in [0.1, 0.15) is 34.5 Å². The van der Waals surface area contributed by atoms with Crippen LogP contribution < -0.4 is 5.32 Å². The molecule has 1 amide bonds. The molecule has 8 heteroatoms. The van der Waals surface area contributed by atoms with E-state index in [-0.39, 0.29) is 17.8 Å². The summed E-state index contributed by atoms with van der Waals surface area (Å²) in [5.74, 6) is -0.579. The number of amides is 1. The zero-order valence-electron chi connectivity index (χ0n) is 17.8. The molecule has 5 aromatic rings. The van der Waals surface area contributed by atoms with Crippen LogP contribution in [0.4, 0.5) is 4.39 Å². The van der Waals surface area contributed by atoms with E-state index in [1.807, 2.05) is 38.1 Å². The molecule has 2 N–H and O–H groups in total. The molecular weight excluding hydrogens is 407 g/mol. The first-order chi connectivity index (χ1) is 15.4. The van der Waals surface area contributed by atoms with Gasteiger partial charge in [-0.05, 0) is 37.6 Å². The normalized spacial score (nSPS) is 12.4. The lowest BCUT2D eigenvalue weighted by Crippen LogP contribution is -2.26. The van der Waals surface area contributed by atoms with E-state index in [0.717, 1.165) is 16.5 Å². The Balaban J connectivity index is 1.50. The topological polar surface area (TPSA) is 88.5 Å². The standard InChI is InChI=1S/C24H21FN6O/c1-13-4-6-15(7-5-13)14(2)28-24(32)18-11-26-23-22(18)29-19(12-27-23)21-17-9-8-16(25)10-20(17)31(3)30-21/h4-12,14H,1-3H3,(H,26,27)(H,28,32)/t14-/m1/s1. The average Bonchev–Trinajstić information content (AvgIpc) is 3.35. The van der Waals surface area contributed by atoms with E-state index >= 15 is 0 Å². The van der Waals surface area contributed by atoms with E-state index in [4.69, 9.17) is 0 Å². The fourth-order valence-corrected chi connectivity index (χ4v) is 3.81. The predicted molar refractivity (Wildman–Crippen MR) is 121 cm³/mol. The summed E-state index contributed by atoms with van der Waals surface area (Å²) in [5.41, 5.74) is 5.29. The fourth-order valence-electron chi connectivity index (χ4n) is 3.81. The molecule has 3 heterocycles. The highest BCUT2D eigenvalue weighted by Gasteiger charge is 2.19. The lowest BCUT2D eigenvalue weighted by Gasteiger charge is -2.14. The summed E-state index contributed by atoms with van der Waals surface area (Å²) in [6, 6.07) is 12.4. The largest absolute Gasteiger partial charge is 0.345 e. The molecule has 0 aliphatic carbocycles. The highest BCUT2D eigenvalue weighted by molar-refractivity contribution is 6.05. The van der Waals surface area contributed by atoms with Crippen molar-refractivity contribution in [2.24, 2.45) is 7.05 Å². The van der Waals surface area contributed by atoms with E-state index in [1.165, 1.54) is 12.1 Å². The second kappa shape index (κ2) is 7.56. The highest BCUT2D eigenvalue weighted by Crippen LogP contribution is 2.28. The first kappa shape index (κ1) is 19.9. The first-order valence-corrected chi connectivity index (χ1v) is 10.2. The SMILES string of the molecule is Cc1ccc([C@@H](C)NC(=O)c2c[nH]c3ncc(-c4nn(C)c5cc(F)ccc45)nc23)cc1. The van der Waals surface area contributed by atoms with Gasteiger partial charge in [-0.25, -0.2) is 14.4 Å². The molecule has 3 aromatic heterocycles. The summed E-state index contributed by atoms with van der Waals surface area (Å²) in [6.45, 7) is 3.96. The number of aromatic nitrogens is 5. The van der Waals surface area contributed by atoms with Crippen LogP contribution in [0.2, 0.25) is 0 Å². The number of H-pyrrole nitrogens is 1. The third kappa shape index (κ3) is 3.39. The van der Waals surface area contributed by atoms with Crippen molar-refractivity contribution in [3.8, 4) is 11.4 Å². The summed E-state index contributed by atoms with van der Waals surface area (Å²) >= 11 is 0. The van der Waals surface area contributed by atoms with E-state index in [0.29, 0.717) is 33.6 Å². The zero-order valence-corrected chi connectivity index (χ0v) is 17.8. The van der Waals surface area contributed by atoms with E-state index in [9.17, 15) is 9.18 Å². The minimum Gasteiger partial charge on any atom is -0.345 e. The van der Waals surface area contributed by atoms with Crippen LogP contribution in [0.15, 0.2) is 54.9 Å². The minimum atomic E-state index is -0.333. The van der Waals surface area contributed by atoms with Crippen molar-refractivity contribution in [2.75, 3.05) is 0 Å². The number of carbonyl (C=O) groups is 1. The van der Waals surface area contributed by atoms with Crippen LogP contribution in [0.5, 0.6) is 0 Å². The van der Waals surface area contributed by atoms with Gasteiger partial charge in [0.15, 0.2) is 5.65 Å². The van der Waals surface area contributed by atoms with Crippen LogP contribution in [-0.2, 0) is 7.05 Å². The van der Waals surface area contributed by atoms with Crippen molar-refractivity contribution < 1.29 is 9.18 Å². The van der Waals surface area contributed by atoms with Gasteiger partial charge in [-0.2, -0.15) is 5.10 Å². The molecule has 0 saturated carbocycles. The molecule has 0 bridgehead atoms. The van der Waals surface area contributed by atoms with Gasteiger partial charge >= 0.3 is 0 Å². The quantitative estimate of drug-likeness (QED) is 0.443. The molecular formula is C24H21FN6O. The number of fused-ring (bicyclic) bond motifs is 2. The second-order valence-electron chi connectivity index (χ2n) is 7.89. The third-order valence-electron chi connectivity index (χ3n) is 5.61. The van der Waals surface area contributed by atoms with E-state index in [2.05, 4.69) is 25.4 Å². The number of benzene rings is 2. The smallest absolute Gasteiger partial charge is 0.255 e. The number of hydrogen-bond acceptors (Lipinski definition) is 4. The van der Waals surface area contributed by atoms with Crippen molar-refractivity contribution in [1.29, 1.82) is 0 Å². The molecule has 2 aromatic carbocycles. The van der Waals surface area contributed by atoms with Gasteiger partial charge in [-0.1, -0.05) is 29.8 Å². The van der Waals surface area contributed by atoms with E-state index < -0.39 is 0 Å². The Morgan fingerprint density at radius 3 is 2.75 bits per heavy atom. The Bertz CT molecular complexity index is 1470. The molecule has 0 aliphatic rings. The van der Waals surface area contributed by atoms with Gasteiger partial charge < -0.3 is 10.3 Å². The van der Waals surface area contributed by atoms with Gasteiger partial charge in [0.2, 0.25) is 0 Å². The molecule has 1 atom stereocenters. The van der Waals surface area contributed by atoms with Crippen LogP contribution >= 0.6 is 0 Å². The van der Waals surface area contributed by atoms with Crippen LogP contribution in [0.25, 0.3) is 33.5 Å². The van der Waals surface area contributed by atoms with Crippen molar-refractivity contribution >= 4 is 28.0 Å². The van der Waals surface area contributed by atoms with Crippen LogP contribution in [0.3, 0.4) is 0 Å². The highest BCUT2D eigenvalue weighted by atomic mass is 19.1. The molecule has 5 rings (SSSR count). The number of halogens is 1. The van der Waals surface area contributed by atoms with Gasteiger partial charge in [0.05, 0.1) is 23.3 Å². The van der Waals surface area contributed by atoms with Gasteiger partial charge in [0.1, 0.15) is 22.7 Å². The Morgan fingerprint density at radius 1 is 1.19 bits per heavy atom. The first-order valence-electron chi connectivity index (χ1n) is 10.2. The van der Waals surface area contributed by atoms with Crippen molar-refractivity contribution in [2.45, 2.75) is 19.9 Å². The number of rotatable bonds is 4. The molecule has 0 saturated heterocycles. The molecule has 0 unspecified atom stereocenters. The molecule has 160 valence electrons. The molecule has 0 spiro atoms. The maximum Gasteiger partial charge on any atom is 0.255 e. The van der Waals surface area contributed by atoms with Gasteiger partial charge in [-0.3, -0.25) is 9.48 Å². The van der Waals surface area contributed by atoms with Crippen molar-refractivity contribution in [1.82, 2.24) is 30.0 Å². The predicted octanol–water partition coefficient (Wildman–Crippen LogP) is 4.45. The Labute approximate surface area is 183 Å². The van der Waals surface area contributed by atoms with Crippen molar-refractivity contribution in [3.63, 3.8) is 0 Å². The monoisotopic (exact) mass is 428 g/mol. The minimum absolute atomic E-state index is 0.168. The lowest BCUT2D eigenvalue weighted by molar-refractivity contribution is 0.0941. The molecule has 0 radical (unpaired) electrons. The fraction of sp³-hybridized carbons (Fsp3) is 0.167. The number of carbonyl (C=O) groups excluding carboxylic acids is 1. The second-order valence-corrected chi connectivity index (χ2v) is 7.89. The van der Waals surface area contributed by atoms with Gasteiger partial charge in [0.25, 0.3) is 5.91 Å². The Morgan fingerprint density at radius 2 is 1.97 bits per heavy atom. The average molecular weight is 428 g/mol. The maximum absolute atomic E-state index is 13.7. The molecule has 7 nitrogen and oxygen atoms in total. The third-order valence-corrected chi connectivity index (χ3v) is 5.61. The van der Waals surface area contributed by atoms with Crippen LogP contribution in [0, 0.1) is 12.7 Å². The summed E-state index contributed by atoms with van der Waals surface area (Å²) in [4.78, 5) is 25.1. The van der Waals surface area contributed by atoms with Crippen molar-refractivity contribution in [3.05, 3.63) is 77.4 Å². The summed E-state index contributed by atoms with van der Waals surface area (Å²) in [6.07, 6.45) is 3.21. The van der Waals surface area contributed by atoms with Gasteiger partial charge in [-0.15, -0.1) is 0 Å². The number of nitrogens with one attached hydrogen (secondary N) is 2. The Hall–Kier alpha value is -4.07. The number of aryl methyl sites for hydroxylation is 2. The maximum atomic E-state index is 13.7. The summed E-state index contributed by atoms with van der Waals surface area (Å²) < 4.78 is 15.3. The lowest BCUT2D eigenvalue weighted by atomic mass is 10.1. The molecule has 32 heavy (non-hydrogen) atoms. The van der Waals surface area contributed by atoms with Crippen LogP contribution in [-0.4, -0.2) is 30.6 Å². The Kier molecular flexibility index (Phi) is 4.70. The van der Waals surface area contributed by atoms with E-state index in [1.54, 1.807) is 30.2 Å². The van der Waals surface area contributed by atoms with Gasteiger partial charge in [0, 0.05) is 18.6 Å². The zero-order chi connectivity index (χ0) is 22.4. The number of aromatic amines is 1. The molecule has 0 fully saturated rings. The number of hydrogen-bond donors (Lipinski definition) is 2.